The van der Waals surface area contributed by atoms with E-state index in [1.165, 1.54) is 44.8 Å². The standard InChI is InChI=1S/C18H24O3/c1-21-17(20)14-7-9-15(10-8-14)18(12-19)11-16(18)13-5-3-2-4-6-13/h7-10,13,16,19H,2-6,11-12H2,1H3. The number of methoxy groups -OCH3 is 1. The summed E-state index contributed by atoms with van der Waals surface area (Å²) in [5.74, 6) is 1.08. The van der Waals surface area contributed by atoms with Crippen molar-refractivity contribution in [3.8, 4) is 0 Å². The molecule has 3 rings (SSSR count). The van der Waals surface area contributed by atoms with Crippen LogP contribution < -0.4 is 0 Å². The molecule has 0 saturated heterocycles. The van der Waals surface area contributed by atoms with E-state index >= 15 is 0 Å². The van der Waals surface area contributed by atoms with Gasteiger partial charge < -0.3 is 9.84 Å². The van der Waals surface area contributed by atoms with Crippen molar-refractivity contribution in [3.05, 3.63) is 35.4 Å². The Bertz CT molecular complexity index is 502. The maximum absolute atomic E-state index is 11.5. The Kier molecular flexibility index (Phi) is 4.03. The van der Waals surface area contributed by atoms with Gasteiger partial charge in [-0.2, -0.15) is 0 Å². The molecule has 2 aliphatic rings. The molecule has 2 atom stereocenters. The van der Waals surface area contributed by atoms with Crippen LogP contribution in [0.1, 0.15) is 54.4 Å². The molecule has 3 heteroatoms. The van der Waals surface area contributed by atoms with Gasteiger partial charge >= 0.3 is 5.97 Å². The molecular formula is C18H24O3. The zero-order valence-electron chi connectivity index (χ0n) is 12.7. The summed E-state index contributed by atoms with van der Waals surface area (Å²) in [5, 5.41) is 9.94. The van der Waals surface area contributed by atoms with Gasteiger partial charge in [-0.05, 0) is 36.0 Å². The summed E-state index contributed by atoms with van der Waals surface area (Å²) >= 11 is 0. The van der Waals surface area contributed by atoms with Crippen LogP contribution in [0.5, 0.6) is 0 Å². The number of esters is 1. The van der Waals surface area contributed by atoms with Gasteiger partial charge in [-0.15, -0.1) is 0 Å². The van der Waals surface area contributed by atoms with Gasteiger partial charge in [-0.1, -0.05) is 44.2 Å². The summed E-state index contributed by atoms with van der Waals surface area (Å²) in [5.41, 5.74) is 1.69. The lowest BCUT2D eigenvalue weighted by Crippen LogP contribution is -2.21. The number of hydrogen-bond donors (Lipinski definition) is 1. The Morgan fingerprint density at radius 1 is 1.24 bits per heavy atom. The molecule has 1 aromatic rings. The van der Waals surface area contributed by atoms with Crippen LogP contribution in [0.2, 0.25) is 0 Å². The summed E-state index contributed by atoms with van der Waals surface area (Å²) < 4.78 is 4.73. The molecule has 0 radical (unpaired) electrons. The Hall–Kier alpha value is -1.35. The van der Waals surface area contributed by atoms with Crippen LogP contribution in [0, 0.1) is 11.8 Å². The Balaban J connectivity index is 1.76. The van der Waals surface area contributed by atoms with Crippen LogP contribution in [0.15, 0.2) is 24.3 Å². The van der Waals surface area contributed by atoms with Gasteiger partial charge in [0, 0.05) is 5.41 Å². The third-order valence-corrected chi connectivity index (χ3v) is 5.52. The van der Waals surface area contributed by atoms with E-state index in [1.807, 2.05) is 24.3 Å². The van der Waals surface area contributed by atoms with Crippen molar-refractivity contribution in [2.45, 2.75) is 43.9 Å². The molecular weight excluding hydrogens is 264 g/mol. The Morgan fingerprint density at radius 3 is 2.48 bits per heavy atom. The van der Waals surface area contributed by atoms with Crippen LogP contribution in [0.4, 0.5) is 0 Å². The number of aliphatic hydroxyl groups is 1. The largest absolute Gasteiger partial charge is 0.465 e. The van der Waals surface area contributed by atoms with Crippen molar-refractivity contribution in [2.24, 2.45) is 11.8 Å². The first kappa shape index (κ1) is 14.6. The molecule has 2 fully saturated rings. The molecule has 0 spiro atoms. The maximum atomic E-state index is 11.5. The minimum absolute atomic E-state index is 0.0589. The van der Waals surface area contributed by atoms with Crippen LogP contribution >= 0.6 is 0 Å². The zero-order chi connectivity index (χ0) is 14.9. The first-order chi connectivity index (χ1) is 10.2. The lowest BCUT2D eigenvalue weighted by atomic mass is 9.81. The molecule has 3 nitrogen and oxygen atoms in total. The molecule has 1 N–H and O–H groups in total. The number of benzene rings is 1. The second kappa shape index (κ2) is 5.80. The van der Waals surface area contributed by atoms with Gasteiger partial charge in [0.2, 0.25) is 0 Å². The van der Waals surface area contributed by atoms with Gasteiger partial charge in [0.25, 0.3) is 0 Å². The highest BCUT2D eigenvalue weighted by molar-refractivity contribution is 5.89. The third kappa shape index (κ3) is 2.59. The molecule has 0 aromatic heterocycles. The van der Waals surface area contributed by atoms with E-state index in [-0.39, 0.29) is 18.0 Å². The van der Waals surface area contributed by atoms with Crippen molar-refractivity contribution < 1.29 is 14.6 Å². The van der Waals surface area contributed by atoms with Crippen molar-refractivity contribution in [3.63, 3.8) is 0 Å². The smallest absolute Gasteiger partial charge is 0.337 e. The highest BCUT2D eigenvalue weighted by atomic mass is 16.5. The van der Waals surface area contributed by atoms with Gasteiger partial charge in [0.15, 0.2) is 0 Å². The fraction of sp³-hybridized carbons (Fsp3) is 0.611. The second-order valence-electron chi connectivity index (χ2n) is 6.59. The maximum Gasteiger partial charge on any atom is 0.337 e. The summed E-state index contributed by atoms with van der Waals surface area (Å²) in [6, 6.07) is 7.61. The number of hydrogen-bond acceptors (Lipinski definition) is 3. The van der Waals surface area contributed by atoms with E-state index in [9.17, 15) is 9.90 Å². The second-order valence-corrected chi connectivity index (χ2v) is 6.59. The van der Waals surface area contributed by atoms with Crippen LogP contribution in [-0.2, 0) is 10.2 Å². The normalized spacial score (nSPS) is 29.1. The summed E-state index contributed by atoms with van der Waals surface area (Å²) in [6.45, 7) is 0.214. The minimum atomic E-state index is -0.306. The fourth-order valence-corrected chi connectivity index (χ4v) is 4.15. The van der Waals surface area contributed by atoms with E-state index in [1.54, 1.807) is 0 Å². The predicted molar refractivity (Wildman–Crippen MR) is 81.2 cm³/mol. The van der Waals surface area contributed by atoms with E-state index in [0.29, 0.717) is 11.5 Å². The van der Waals surface area contributed by atoms with Crippen molar-refractivity contribution in [1.29, 1.82) is 0 Å². The summed E-state index contributed by atoms with van der Waals surface area (Å²) in [6.07, 6.45) is 7.75. The predicted octanol–water partition coefficient (Wildman–Crippen LogP) is 3.30. The molecule has 0 amide bonds. The van der Waals surface area contributed by atoms with Crippen molar-refractivity contribution in [2.75, 3.05) is 13.7 Å². The van der Waals surface area contributed by atoms with Gasteiger partial charge in [0.1, 0.15) is 0 Å². The quantitative estimate of drug-likeness (QED) is 0.865. The summed E-state index contributed by atoms with van der Waals surface area (Å²) in [7, 11) is 1.39. The fourth-order valence-electron chi connectivity index (χ4n) is 4.15. The van der Waals surface area contributed by atoms with Gasteiger partial charge in [-0.25, -0.2) is 4.79 Å². The molecule has 114 valence electrons. The van der Waals surface area contributed by atoms with Crippen molar-refractivity contribution in [1.82, 2.24) is 0 Å². The SMILES string of the molecule is COC(=O)c1ccc(C2(CO)CC2C2CCCCC2)cc1. The molecule has 1 aromatic carbocycles. The van der Waals surface area contributed by atoms with Crippen LogP contribution in [-0.4, -0.2) is 24.8 Å². The zero-order valence-corrected chi connectivity index (χ0v) is 12.7. The summed E-state index contributed by atoms with van der Waals surface area (Å²) in [4.78, 5) is 11.5. The van der Waals surface area contributed by atoms with E-state index in [4.69, 9.17) is 4.74 Å². The monoisotopic (exact) mass is 288 g/mol. The van der Waals surface area contributed by atoms with Crippen LogP contribution in [0.3, 0.4) is 0 Å². The lowest BCUT2D eigenvalue weighted by Gasteiger charge is -2.25. The third-order valence-electron chi connectivity index (χ3n) is 5.52. The molecule has 21 heavy (non-hydrogen) atoms. The molecule has 0 aliphatic heterocycles. The highest BCUT2D eigenvalue weighted by Crippen LogP contribution is 2.60. The first-order valence-corrected chi connectivity index (χ1v) is 8.01. The average Bonchev–Trinajstić information content (AvgIpc) is 3.31. The molecule has 0 bridgehead atoms. The average molecular weight is 288 g/mol. The Morgan fingerprint density at radius 2 is 1.90 bits per heavy atom. The number of aliphatic hydroxyl groups excluding tert-OH is 1. The van der Waals surface area contributed by atoms with Crippen molar-refractivity contribution >= 4 is 5.97 Å². The number of carbonyl (C=O) groups is 1. The molecule has 0 heterocycles. The van der Waals surface area contributed by atoms with E-state index in [2.05, 4.69) is 0 Å². The Labute approximate surface area is 126 Å². The molecule has 2 aliphatic carbocycles. The van der Waals surface area contributed by atoms with E-state index in [0.717, 1.165) is 12.3 Å². The number of carbonyl (C=O) groups excluding carboxylic acids is 1. The highest BCUT2D eigenvalue weighted by Gasteiger charge is 2.57. The number of ether oxygens (including phenoxy) is 1. The molecule has 2 saturated carbocycles. The minimum Gasteiger partial charge on any atom is -0.465 e. The van der Waals surface area contributed by atoms with E-state index < -0.39 is 0 Å². The topological polar surface area (TPSA) is 46.5 Å². The van der Waals surface area contributed by atoms with Gasteiger partial charge in [0.05, 0.1) is 19.3 Å². The number of rotatable bonds is 4. The molecule has 2 unspecified atom stereocenters. The lowest BCUT2D eigenvalue weighted by molar-refractivity contribution is 0.0600. The first-order valence-electron chi connectivity index (χ1n) is 8.01. The van der Waals surface area contributed by atoms with Gasteiger partial charge in [-0.3, -0.25) is 0 Å². The van der Waals surface area contributed by atoms with Crippen LogP contribution in [0.25, 0.3) is 0 Å².